The van der Waals surface area contributed by atoms with E-state index in [2.05, 4.69) is 36.6 Å². The largest absolute Gasteiger partial charge is 0.497 e. The molecule has 0 aromatic heterocycles. The molecule has 1 aromatic carbocycles. The van der Waals surface area contributed by atoms with E-state index in [1.165, 1.54) is 44.1 Å². The van der Waals surface area contributed by atoms with Gasteiger partial charge in [-0.15, -0.1) is 0 Å². The fraction of sp³-hybridized carbons (Fsp3) is 0.625. The van der Waals surface area contributed by atoms with Crippen LogP contribution < -0.4 is 10.1 Å². The second kappa shape index (κ2) is 6.79. The Morgan fingerprint density at radius 3 is 2.17 bits per heavy atom. The predicted molar refractivity (Wildman–Crippen MR) is 76.0 cm³/mol. The van der Waals surface area contributed by atoms with Gasteiger partial charge in [-0.1, -0.05) is 37.8 Å². The van der Waals surface area contributed by atoms with Crippen molar-refractivity contribution in [3.8, 4) is 5.75 Å². The quantitative estimate of drug-likeness (QED) is 0.814. The Kier molecular flexibility index (Phi) is 5.06. The summed E-state index contributed by atoms with van der Waals surface area (Å²) in [6.45, 7) is 0. The molecule has 0 amide bonds. The highest BCUT2D eigenvalue weighted by Gasteiger charge is 2.22. The normalized spacial score (nSPS) is 19.2. The van der Waals surface area contributed by atoms with Crippen LogP contribution in [0.3, 0.4) is 0 Å². The molecule has 18 heavy (non-hydrogen) atoms. The summed E-state index contributed by atoms with van der Waals surface area (Å²) in [6, 6.07) is 9.02. The van der Waals surface area contributed by atoms with Crippen LogP contribution in [0.4, 0.5) is 0 Å². The maximum absolute atomic E-state index is 5.23. The number of ether oxygens (including phenoxy) is 1. The van der Waals surface area contributed by atoms with E-state index in [-0.39, 0.29) is 0 Å². The highest BCUT2D eigenvalue weighted by molar-refractivity contribution is 5.29. The van der Waals surface area contributed by atoms with Gasteiger partial charge in [-0.2, -0.15) is 0 Å². The highest BCUT2D eigenvalue weighted by atomic mass is 16.5. The number of methoxy groups -OCH3 is 1. The molecule has 0 spiro atoms. The first-order valence-corrected chi connectivity index (χ1v) is 7.16. The molecule has 0 radical (unpaired) electrons. The smallest absolute Gasteiger partial charge is 0.118 e. The summed E-state index contributed by atoms with van der Waals surface area (Å²) >= 11 is 0. The third-order valence-corrected chi connectivity index (χ3v) is 4.16. The van der Waals surface area contributed by atoms with Crippen LogP contribution in [0.1, 0.15) is 50.1 Å². The molecule has 0 saturated heterocycles. The molecular weight excluding hydrogens is 222 g/mol. The van der Waals surface area contributed by atoms with E-state index in [1.807, 2.05) is 0 Å². The molecule has 1 atom stereocenters. The summed E-state index contributed by atoms with van der Waals surface area (Å²) in [4.78, 5) is 0. The van der Waals surface area contributed by atoms with Gasteiger partial charge < -0.3 is 10.1 Å². The SMILES string of the molecule is CNC(c1ccc(OC)cc1)C1CCCCCC1. The molecule has 1 aromatic rings. The fourth-order valence-corrected chi connectivity index (χ4v) is 3.13. The van der Waals surface area contributed by atoms with Gasteiger partial charge in [0.15, 0.2) is 0 Å². The Balaban J connectivity index is 2.10. The Bertz CT molecular complexity index is 339. The van der Waals surface area contributed by atoms with Gasteiger partial charge in [0, 0.05) is 6.04 Å². The second-order valence-corrected chi connectivity index (χ2v) is 5.29. The van der Waals surface area contributed by atoms with Crippen molar-refractivity contribution in [1.82, 2.24) is 5.32 Å². The number of hydrogen-bond acceptors (Lipinski definition) is 2. The number of nitrogens with one attached hydrogen (secondary N) is 1. The molecule has 1 unspecified atom stereocenters. The number of benzene rings is 1. The van der Waals surface area contributed by atoms with E-state index < -0.39 is 0 Å². The lowest BCUT2D eigenvalue weighted by Crippen LogP contribution is -2.25. The second-order valence-electron chi connectivity index (χ2n) is 5.29. The fourth-order valence-electron chi connectivity index (χ4n) is 3.13. The summed E-state index contributed by atoms with van der Waals surface area (Å²) in [5.74, 6) is 1.72. The van der Waals surface area contributed by atoms with Gasteiger partial charge in [-0.25, -0.2) is 0 Å². The van der Waals surface area contributed by atoms with Crippen molar-refractivity contribution < 1.29 is 4.74 Å². The topological polar surface area (TPSA) is 21.3 Å². The van der Waals surface area contributed by atoms with Crippen molar-refractivity contribution in [3.05, 3.63) is 29.8 Å². The Hall–Kier alpha value is -1.02. The molecule has 1 saturated carbocycles. The number of rotatable bonds is 4. The van der Waals surface area contributed by atoms with Crippen LogP contribution in [0.2, 0.25) is 0 Å². The molecular formula is C16H25NO. The Labute approximate surface area is 111 Å². The minimum absolute atomic E-state index is 0.494. The molecule has 1 aliphatic rings. The Morgan fingerprint density at radius 2 is 1.67 bits per heavy atom. The predicted octanol–water partition coefficient (Wildman–Crippen LogP) is 3.93. The third-order valence-electron chi connectivity index (χ3n) is 4.16. The van der Waals surface area contributed by atoms with E-state index in [0.717, 1.165) is 11.7 Å². The summed E-state index contributed by atoms with van der Waals surface area (Å²) < 4.78 is 5.23. The maximum atomic E-state index is 5.23. The zero-order chi connectivity index (χ0) is 12.8. The molecule has 0 aliphatic heterocycles. The first kappa shape index (κ1) is 13.4. The third kappa shape index (κ3) is 3.26. The zero-order valence-electron chi connectivity index (χ0n) is 11.6. The zero-order valence-corrected chi connectivity index (χ0v) is 11.6. The van der Waals surface area contributed by atoms with Crippen LogP contribution in [0.25, 0.3) is 0 Å². The number of hydrogen-bond donors (Lipinski definition) is 1. The van der Waals surface area contributed by atoms with Crippen LogP contribution in [-0.2, 0) is 0 Å². The van der Waals surface area contributed by atoms with Crippen molar-refractivity contribution in [2.45, 2.75) is 44.6 Å². The molecule has 100 valence electrons. The molecule has 2 rings (SSSR count). The van der Waals surface area contributed by atoms with Gasteiger partial charge in [0.1, 0.15) is 5.75 Å². The van der Waals surface area contributed by atoms with Gasteiger partial charge in [-0.3, -0.25) is 0 Å². The van der Waals surface area contributed by atoms with Crippen molar-refractivity contribution in [2.24, 2.45) is 5.92 Å². The van der Waals surface area contributed by atoms with Crippen molar-refractivity contribution in [3.63, 3.8) is 0 Å². The lowest BCUT2D eigenvalue weighted by Gasteiger charge is -2.26. The van der Waals surface area contributed by atoms with Crippen molar-refractivity contribution in [2.75, 3.05) is 14.2 Å². The molecule has 2 heteroatoms. The first-order valence-electron chi connectivity index (χ1n) is 7.16. The van der Waals surface area contributed by atoms with Gasteiger partial charge in [0.05, 0.1) is 7.11 Å². The van der Waals surface area contributed by atoms with Crippen LogP contribution in [0, 0.1) is 5.92 Å². The average molecular weight is 247 g/mol. The standard InChI is InChI=1S/C16H25NO/c1-17-16(13-7-5-3-4-6-8-13)14-9-11-15(18-2)12-10-14/h9-13,16-17H,3-8H2,1-2H3. The van der Waals surface area contributed by atoms with Crippen molar-refractivity contribution in [1.29, 1.82) is 0 Å². The van der Waals surface area contributed by atoms with E-state index in [4.69, 9.17) is 4.74 Å². The van der Waals surface area contributed by atoms with Gasteiger partial charge in [0.25, 0.3) is 0 Å². The van der Waals surface area contributed by atoms with Crippen LogP contribution in [-0.4, -0.2) is 14.2 Å². The minimum Gasteiger partial charge on any atom is -0.497 e. The van der Waals surface area contributed by atoms with E-state index in [9.17, 15) is 0 Å². The molecule has 0 bridgehead atoms. The van der Waals surface area contributed by atoms with Gasteiger partial charge in [0.2, 0.25) is 0 Å². The summed E-state index contributed by atoms with van der Waals surface area (Å²) in [5.41, 5.74) is 1.39. The molecule has 1 fully saturated rings. The molecule has 1 N–H and O–H groups in total. The summed E-state index contributed by atoms with van der Waals surface area (Å²) in [6.07, 6.45) is 8.32. The first-order chi connectivity index (χ1) is 8.85. The maximum Gasteiger partial charge on any atom is 0.118 e. The summed E-state index contributed by atoms with van der Waals surface area (Å²) in [5, 5.41) is 3.51. The van der Waals surface area contributed by atoms with E-state index >= 15 is 0 Å². The minimum atomic E-state index is 0.494. The lowest BCUT2D eigenvalue weighted by atomic mass is 9.87. The average Bonchev–Trinajstić information content (AvgIpc) is 2.70. The van der Waals surface area contributed by atoms with Gasteiger partial charge in [-0.05, 0) is 43.5 Å². The molecule has 1 aliphatic carbocycles. The van der Waals surface area contributed by atoms with Gasteiger partial charge >= 0.3 is 0 Å². The lowest BCUT2D eigenvalue weighted by molar-refractivity contribution is 0.341. The Morgan fingerprint density at radius 1 is 1.06 bits per heavy atom. The molecule has 2 nitrogen and oxygen atoms in total. The van der Waals surface area contributed by atoms with Crippen LogP contribution >= 0.6 is 0 Å². The van der Waals surface area contributed by atoms with E-state index in [1.54, 1.807) is 7.11 Å². The van der Waals surface area contributed by atoms with Crippen molar-refractivity contribution >= 4 is 0 Å². The van der Waals surface area contributed by atoms with Crippen LogP contribution in [0.15, 0.2) is 24.3 Å². The van der Waals surface area contributed by atoms with Crippen LogP contribution in [0.5, 0.6) is 5.75 Å². The van der Waals surface area contributed by atoms with E-state index in [0.29, 0.717) is 6.04 Å². The highest BCUT2D eigenvalue weighted by Crippen LogP contribution is 2.33. The summed E-state index contributed by atoms with van der Waals surface area (Å²) in [7, 11) is 3.80. The monoisotopic (exact) mass is 247 g/mol. The molecule has 0 heterocycles.